The molecule has 0 spiro atoms. The normalized spacial score (nSPS) is 11.5. The highest BCUT2D eigenvalue weighted by atomic mass is 32.1. The third-order valence-electron chi connectivity index (χ3n) is 1.80. The van der Waals surface area contributed by atoms with Crippen molar-refractivity contribution in [2.75, 3.05) is 0 Å². The van der Waals surface area contributed by atoms with Gasteiger partial charge < -0.3 is 5.11 Å². The number of aliphatic carboxylic acids is 1. The molecule has 0 unspecified atom stereocenters. The van der Waals surface area contributed by atoms with Crippen molar-refractivity contribution in [1.82, 2.24) is 0 Å². The Hall–Kier alpha value is -0.180. The zero-order chi connectivity index (χ0) is 8.20. The van der Waals surface area contributed by atoms with Crippen LogP contribution in [0.15, 0.2) is 0 Å². The van der Waals surface area contributed by atoms with Crippen LogP contribution in [0.1, 0.15) is 33.1 Å². The highest BCUT2D eigenvalue weighted by Crippen LogP contribution is 2.26. The second kappa shape index (κ2) is 3.86. The quantitative estimate of drug-likeness (QED) is 0.620. The third kappa shape index (κ3) is 3.11. The summed E-state index contributed by atoms with van der Waals surface area (Å²) in [5.41, 5.74) is 0. The first-order valence-corrected chi connectivity index (χ1v) is 3.93. The van der Waals surface area contributed by atoms with E-state index in [0.29, 0.717) is 0 Å². The van der Waals surface area contributed by atoms with Crippen LogP contribution in [0.4, 0.5) is 0 Å². The average molecular weight is 162 g/mol. The number of carbonyl (C=O) groups is 1. The van der Waals surface area contributed by atoms with E-state index >= 15 is 0 Å². The van der Waals surface area contributed by atoms with E-state index in [4.69, 9.17) is 5.11 Å². The Balaban J connectivity index is 3.92. The van der Waals surface area contributed by atoms with Gasteiger partial charge in [0.2, 0.25) is 0 Å². The van der Waals surface area contributed by atoms with Gasteiger partial charge >= 0.3 is 5.97 Å². The van der Waals surface area contributed by atoms with E-state index in [1.54, 1.807) is 0 Å². The summed E-state index contributed by atoms with van der Waals surface area (Å²) in [5.74, 6) is -0.765. The molecule has 0 atom stereocenters. The van der Waals surface area contributed by atoms with Gasteiger partial charge in [0.15, 0.2) is 0 Å². The summed E-state index contributed by atoms with van der Waals surface area (Å²) in [5, 5.41) is 8.46. The fourth-order valence-electron chi connectivity index (χ4n) is 0.781. The van der Waals surface area contributed by atoms with Crippen LogP contribution in [-0.4, -0.2) is 15.8 Å². The number of hydrogen-bond donors (Lipinski definition) is 2. The van der Waals surface area contributed by atoms with Gasteiger partial charge in [0.1, 0.15) is 0 Å². The molecule has 0 aliphatic heterocycles. The summed E-state index contributed by atoms with van der Waals surface area (Å²) in [7, 11) is 0. The van der Waals surface area contributed by atoms with Gasteiger partial charge in [-0.1, -0.05) is 13.8 Å². The summed E-state index contributed by atoms with van der Waals surface area (Å²) in [6.07, 6.45) is 1.76. The van der Waals surface area contributed by atoms with Crippen LogP contribution in [0.2, 0.25) is 0 Å². The van der Waals surface area contributed by atoms with Gasteiger partial charge in [-0.3, -0.25) is 4.79 Å². The van der Waals surface area contributed by atoms with Gasteiger partial charge in [0, 0.05) is 4.75 Å². The molecule has 3 heteroatoms. The predicted octanol–water partition coefficient (Wildman–Crippen LogP) is 1.95. The lowest BCUT2D eigenvalue weighted by Crippen LogP contribution is -2.23. The Bertz CT molecular complexity index is 119. The van der Waals surface area contributed by atoms with Crippen LogP contribution in [0.3, 0.4) is 0 Å². The second-order valence-corrected chi connectivity index (χ2v) is 3.45. The van der Waals surface area contributed by atoms with E-state index in [2.05, 4.69) is 12.6 Å². The number of carboxylic acid groups (broad SMARTS) is 1. The van der Waals surface area contributed by atoms with Crippen molar-refractivity contribution >= 4 is 18.6 Å². The highest BCUT2D eigenvalue weighted by molar-refractivity contribution is 7.81. The van der Waals surface area contributed by atoms with Gasteiger partial charge in [-0.25, -0.2) is 0 Å². The molecule has 0 aliphatic rings. The molecule has 0 aliphatic carbocycles. The van der Waals surface area contributed by atoms with Crippen LogP contribution in [0.5, 0.6) is 0 Å². The van der Waals surface area contributed by atoms with Crippen LogP contribution in [0, 0.1) is 0 Å². The second-order valence-electron chi connectivity index (χ2n) is 2.50. The Kier molecular flexibility index (Phi) is 3.79. The van der Waals surface area contributed by atoms with Crippen molar-refractivity contribution in [1.29, 1.82) is 0 Å². The molecule has 0 radical (unpaired) electrons. The van der Waals surface area contributed by atoms with Crippen LogP contribution in [-0.2, 0) is 4.79 Å². The fourth-order valence-corrected chi connectivity index (χ4v) is 0.917. The molecule has 0 saturated heterocycles. The van der Waals surface area contributed by atoms with E-state index in [1.165, 1.54) is 0 Å². The molecule has 1 N–H and O–H groups in total. The molecule has 0 rings (SSSR count). The maximum Gasteiger partial charge on any atom is 0.304 e. The van der Waals surface area contributed by atoms with Crippen LogP contribution < -0.4 is 0 Å². The van der Waals surface area contributed by atoms with Crippen LogP contribution in [0.25, 0.3) is 0 Å². The molecule has 0 aromatic carbocycles. The first-order valence-electron chi connectivity index (χ1n) is 3.48. The Labute approximate surface area is 67.0 Å². The van der Waals surface area contributed by atoms with Gasteiger partial charge in [-0.05, 0) is 12.8 Å². The van der Waals surface area contributed by atoms with Crippen molar-refractivity contribution < 1.29 is 9.90 Å². The molecule has 0 aromatic heterocycles. The summed E-state index contributed by atoms with van der Waals surface area (Å²) in [6, 6.07) is 0. The van der Waals surface area contributed by atoms with Crippen molar-refractivity contribution in [3.63, 3.8) is 0 Å². The third-order valence-corrected chi connectivity index (χ3v) is 2.59. The van der Waals surface area contributed by atoms with Gasteiger partial charge in [-0.15, -0.1) is 0 Å². The Morgan fingerprint density at radius 2 is 1.90 bits per heavy atom. The molecule has 0 amide bonds. The van der Waals surface area contributed by atoms with E-state index in [9.17, 15) is 4.79 Å². The van der Waals surface area contributed by atoms with E-state index in [1.807, 2.05) is 13.8 Å². The summed E-state index contributed by atoms with van der Waals surface area (Å²) >= 11 is 4.28. The molecular weight excluding hydrogens is 148 g/mol. The zero-order valence-electron chi connectivity index (χ0n) is 6.42. The number of carboxylic acids is 1. The average Bonchev–Trinajstić information content (AvgIpc) is 1.87. The summed E-state index contributed by atoms with van der Waals surface area (Å²) in [4.78, 5) is 10.3. The molecule has 0 aromatic rings. The van der Waals surface area contributed by atoms with Crippen molar-refractivity contribution in [2.45, 2.75) is 37.9 Å². The SMILES string of the molecule is CCC(S)(CC)CC(=O)O. The number of thiol groups is 1. The summed E-state index contributed by atoms with van der Waals surface area (Å²) < 4.78 is -0.300. The topological polar surface area (TPSA) is 37.3 Å². The minimum Gasteiger partial charge on any atom is -0.481 e. The smallest absolute Gasteiger partial charge is 0.304 e. The summed E-state index contributed by atoms with van der Waals surface area (Å²) in [6.45, 7) is 3.92. The maximum absolute atomic E-state index is 10.3. The molecule has 2 nitrogen and oxygen atoms in total. The van der Waals surface area contributed by atoms with E-state index in [-0.39, 0.29) is 11.2 Å². The van der Waals surface area contributed by atoms with Crippen molar-refractivity contribution in [3.8, 4) is 0 Å². The predicted molar refractivity (Wildman–Crippen MR) is 44.6 cm³/mol. The first-order chi connectivity index (χ1) is 4.54. The lowest BCUT2D eigenvalue weighted by molar-refractivity contribution is -0.137. The van der Waals surface area contributed by atoms with Gasteiger partial charge in [0.25, 0.3) is 0 Å². The largest absolute Gasteiger partial charge is 0.481 e. The Morgan fingerprint density at radius 1 is 1.50 bits per heavy atom. The zero-order valence-corrected chi connectivity index (χ0v) is 7.32. The Morgan fingerprint density at radius 3 is 2.00 bits per heavy atom. The highest BCUT2D eigenvalue weighted by Gasteiger charge is 2.23. The first kappa shape index (κ1) is 9.82. The minimum atomic E-state index is -0.765. The van der Waals surface area contributed by atoms with Gasteiger partial charge in [0.05, 0.1) is 6.42 Å². The number of rotatable bonds is 4. The molecular formula is C7H14O2S. The number of hydrogen-bond acceptors (Lipinski definition) is 2. The monoisotopic (exact) mass is 162 g/mol. The molecule has 10 heavy (non-hydrogen) atoms. The minimum absolute atomic E-state index is 0.156. The molecule has 0 heterocycles. The maximum atomic E-state index is 10.3. The molecule has 0 saturated carbocycles. The lowest BCUT2D eigenvalue weighted by Gasteiger charge is -2.22. The lowest BCUT2D eigenvalue weighted by atomic mass is 9.98. The van der Waals surface area contributed by atoms with Crippen LogP contribution >= 0.6 is 12.6 Å². The molecule has 0 fully saturated rings. The standard InChI is InChI=1S/C7H14O2S/c1-3-7(10,4-2)5-6(8)9/h10H,3-5H2,1-2H3,(H,8,9). The molecule has 60 valence electrons. The molecule has 0 bridgehead atoms. The van der Waals surface area contributed by atoms with Crippen molar-refractivity contribution in [2.24, 2.45) is 0 Å². The fraction of sp³-hybridized carbons (Fsp3) is 0.857. The van der Waals surface area contributed by atoms with Gasteiger partial charge in [-0.2, -0.15) is 12.6 Å². The van der Waals surface area contributed by atoms with E-state index < -0.39 is 5.97 Å². The van der Waals surface area contributed by atoms with Crippen molar-refractivity contribution in [3.05, 3.63) is 0 Å². The van der Waals surface area contributed by atoms with E-state index in [0.717, 1.165) is 12.8 Å².